The van der Waals surface area contributed by atoms with Gasteiger partial charge in [0.1, 0.15) is 23.9 Å². The fraction of sp³-hybridized carbons (Fsp3) is 0.176. The lowest BCUT2D eigenvalue weighted by Gasteiger charge is -2.10. The molecular formula is C17H14ClN3O8. The molecule has 0 spiro atoms. The van der Waals surface area contributed by atoms with E-state index >= 15 is 0 Å². The Morgan fingerprint density at radius 1 is 1.10 bits per heavy atom. The highest BCUT2D eigenvalue weighted by atomic mass is 35.5. The number of esters is 1. The quantitative estimate of drug-likeness (QED) is 0.386. The summed E-state index contributed by atoms with van der Waals surface area (Å²) >= 11 is 5.68. The van der Waals surface area contributed by atoms with Crippen molar-refractivity contribution in [2.45, 2.75) is 6.61 Å². The van der Waals surface area contributed by atoms with Crippen LogP contribution in [0.5, 0.6) is 5.75 Å². The molecule has 0 bridgehead atoms. The number of nitro groups is 2. The highest BCUT2D eigenvalue weighted by molar-refractivity contribution is 6.32. The lowest BCUT2D eigenvalue weighted by Crippen LogP contribution is -2.30. The maximum atomic E-state index is 12.1. The molecule has 0 aliphatic carbocycles. The minimum absolute atomic E-state index is 0.0609. The second kappa shape index (κ2) is 9.46. The number of nitrogens with one attached hydrogen (secondary N) is 1. The van der Waals surface area contributed by atoms with E-state index in [0.717, 1.165) is 6.07 Å². The molecule has 152 valence electrons. The third kappa shape index (κ3) is 5.62. The van der Waals surface area contributed by atoms with Crippen LogP contribution >= 0.6 is 11.6 Å². The third-order valence-electron chi connectivity index (χ3n) is 3.66. The normalized spacial score (nSPS) is 10.1. The van der Waals surface area contributed by atoms with Gasteiger partial charge in [0.2, 0.25) is 0 Å². The van der Waals surface area contributed by atoms with Crippen molar-refractivity contribution < 1.29 is 28.9 Å². The number of benzene rings is 2. The number of carbonyl (C=O) groups is 2. The number of hydrogen-bond donors (Lipinski definition) is 1. The smallest absolute Gasteiger partial charge is 0.325 e. The average molecular weight is 424 g/mol. The number of non-ortho nitro benzene ring substituents is 1. The first-order valence-corrected chi connectivity index (χ1v) is 8.29. The monoisotopic (exact) mass is 423 g/mol. The minimum atomic E-state index is -0.824. The van der Waals surface area contributed by atoms with Crippen molar-refractivity contribution in [3.05, 3.63) is 72.8 Å². The summed E-state index contributed by atoms with van der Waals surface area (Å²) in [6, 6.07) is 7.27. The van der Waals surface area contributed by atoms with E-state index in [2.05, 4.69) is 5.32 Å². The van der Waals surface area contributed by atoms with Crippen molar-refractivity contribution >= 4 is 34.9 Å². The number of nitro benzene ring substituents is 2. The lowest BCUT2D eigenvalue weighted by atomic mass is 10.2. The van der Waals surface area contributed by atoms with Gasteiger partial charge in [0, 0.05) is 29.3 Å². The van der Waals surface area contributed by atoms with Gasteiger partial charge in [0.15, 0.2) is 0 Å². The van der Waals surface area contributed by atoms with Gasteiger partial charge < -0.3 is 14.8 Å². The summed E-state index contributed by atoms with van der Waals surface area (Å²) in [4.78, 5) is 44.3. The van der Waals surface area contributed by atoms with Gasteiger partial charge >= 0.3 is 5.97 Å². The number of nitrogens with zero attached hydrogens (tertiary/aromatic N) is 2. The van der Waals surface area contributed by atoms with Gasteiger partial charge in [-0.1, -0.05) is 11.6 Å². The molecule has 12 heteroatoms. The Morgan fingerprint density at radius 3 is 2.45 bits per heavy atom. The van der Waals surface area contributed by atoms with Crippen molar-refractivity contribution in [2.75, 3.05) is 13.7 Å². The van der Waals surface area contributed by atoms with Crippen LogP contribution in [0.25, 0.3) is 0 Å². The molecular weight excluding hydrogens is 410 g/mol. The van der Waals surface area contributed by atoms with Crippen LogP contribution in [0.15, 0.2) is 36.4 Å². The van der Waals surface area contributed by atoms with Gasteiger partial charge in [-0.25, -0.2) is 0 Å². The van der Waals surface area contributed by atoms with Crippen LogP contribution in [-0.4, -0.2) is 35.4 Å². The van der Waals surface area contributed by atoms with Gasteiger partial charge in [-0.3, -0.25) is 29.8 Å². The first-order valence-electron chi connectivity index (χ1n) is 7.92. The first kappa shape index (κ1) is 21.6. The molecule has 0 aliphatic heterocycles. The molecule has 0 fully saturated rings. The van der Waals surface area contributed by atoms with Gasteiger partial charge in [0.25, 0.3) is 17.3 Å². The van der Waals surface area contributed by atoms with Gasteiger partial charge in [-0.2, -0.15) is 0 Å². The van der Waals surface area contributed by atoms with Crippen molar-refractivity contribution in [1.29, 1.82) is 0 Å². The fourth-order valence-electron chi connectivity index (χ4n) is 2.25. The molecule has 0 radical (unpaired) electrons. The summed E-state index contributed by atoms with van der Waals surface area (Å²) in [5.74, 6) is -1.27. The Balaban J connectivity index is 1.96. The maximum Gasteiger partial charge on any atom is 0.325 e. The summed E-state index contributed by atoms with van der Waals surface area (Å²) in [5, 5.41) is 23.8. The summed E-state index contributed by atoms with van der Waals surface area (Å²) in [6.07, 6.45) is 0. The molecule has 0 heterocycles. The molecule has 0 saturated carbocycles. The molecule has 2 aromatic carbocycles. The number of halogens is 1. The van der Waals surface area contributed by atoms with Crippen LogP contribution in [0.4, 0.5) is 11.4 Å². The molecule has 1 amide bonds. The van der Waals surface area contributed by atoms with Crippen molar-refractivity contribution in [2.24, 2.45) is 0 Å². The fourth-order valence-corrected chi connectivity index (χ4v) is 2.44. The number of hydrogen-bond acceptors (Lipinski definition) is 8. The van der Waals surface area contributed by atoms with Crippen LogP contribution in [0.2, 0.25) is 5.02 Å². The van der Waals surface area contributed by atoms with E-state index in [4.69, 9.17) is 21.1 Å². The van der Waals surface area contributed by atoms with E-state index in [9.17, 15) is 29.8 Å². The second-order valence-corrected chi connectivity index (χ2v) is 5.93. The summed E-state index contributed by atoms with van der Waals surface area (Å²) in [6.45, 7) is -0.835. The van der Waals surface area contributed by atoms with Crippen LogP contribution in [0.3, 0.4) is 0 Å². The Bertz CT molecular complexity index is 979. The van der Waals surface area contributed by atoms with E-state index in [0.29, 0.717) is 5.75 Å². The van der Waals surface area contributed by atoms with Gasteiger partial charge in [0.05, 0.1) is 17.0 Å². The zero-order valence-corrected chi connectivity index (χ0v) is 15.7. The Labute approximate surface area is 168 Å². The second-order valence-electron chi connectivity index (χ2n) is 5.52. The molecule has 1 N–H and O–H groups in total. The van der Waals surface area contributed by atoms with Gasteiger partial charge in [-0.05, 0) is 18.2 Å². The standard InChI is InChI=1S/C17H14ClN3O8/c1-28-15-5-3-12(20(24)25)6-11(15)9-29-16(22)8-19-17(23)10-2-4-13(18)14(7-10)21(26)27/h2-7H,8-9H2,1H3,(H,19,23). The summed E-state index contributed by atoms with van der Waals surface area (Å²) in [7, 11) is 1.36. The van der Waals surface area contributed by atoms with Crippen LogP contribution in [0, 0.1) is 20.2 Å². The Hall–Kier alpha value is -3.73. The largest absolute Gasteiger partial charge is 0.496 e. The summed E-state index contributed by atoms with van der Waals surface area (Å²) in [5.41, 5.74) is -0.432. The number of carbonyl (C=O) groups excluding carboxylic acids is 2. The van der Waals surface area contributed by atoms with Crippen molar-refractivity contribution in [1.82, 2.24) is 5.32 Å². The van der Waals surface area contributed by atoms with E-state index in [1.54, 1.807) is 0 Å². The summed E-state index contributed by atoms with van der Waals surface area (Å²) < 4.78 is 10.0. The zero-order chi connectivity index (χ0) is 21.6. The SMILES string of the molecule is COc1ccc([N+](=O)[O-])cc1COC(=O)CNC(=O)c1ccc(Cl)c([N+](=O)[O-])c1. The Kier molecular flexibility index (Phi) is 7.04. The molecule has 0 unspecified atom stereocenters. The first-order chi connectivity index (χ1) is 13.7. The van der Waals surface area contributed by atoms with E-state index in [1.807, 2.05) is 0 Å². The minimum Gasteiger partial charge on any atom is -0.496 e. The van der Waals surface area contributed by atoms with E-state index in [-0.39, 0.29) is 28.4 Å². The van der Waals surface area contributed by atoms with Crippen molar-refractivity contribution in [3.8, 4) is 5.75 Å². The van der Waals surface area contributed by atoms with Crippen LogP contribution in [0.1, 0.15) is 15.9 Å². The van der Waals surface area contributed by atoms with Gasteiger partial charge in [-0.15, -0.1) is 0 Å². The van der Waals surface area contributed by atoms with Crippen molar-refractivity contribution in [3.63, 3.8) is 0 Å². The molecule has 0 atom stereocenters. The highest BCUT2D eigenvalue weighted by Gasteiger charge is 2.17. The number of amides is 1. The maximum absolute atomic E-state index is 12.1. The molecule has 11 nitrogen and oxygen atoms in total. The highest BCUT2D eigenvalue weighted by Crippen LogP contribution is 2.25. The average Bonchev–Trinajstić information content (AvgIpc) is 2.70. The predicted octanol–water partition coefficient (Wildman–Crippen LogP) is 2.64. The predicted molar refractivity (Wildman–Crippen MR) is 99.9 cm³/mol. The number of rotatable bonds is 8. The van der Waals surface area contributed by atoms with E-state index < -0.39 is 34.0 Å². The topological polar surface area (TPSA) is 151 Å². The molecule has 29 heavy (non-hydrogen) atoms. The molecule has 2 aromatic rings. The van der Waals surface area contributed by atoms with E-state index in [1.165, 1.54) is 37.4 Å². The molecule has 0 saturated heterocycles. The molecule has 0 aliphatic rings. The zero-order valence-electron chi connectivity index (χ0n) is 14.9. The molecule has 2 rings (SSSR count). The Morgan fingerprint density at radius 2 is 1.83 bits per heavy atom. The number of methoxy groups -OCH3 is 1. The lowest BCUT2D eigenvalue weighted by molar-refractivity contribution is -0.385. The third-order valence-corrected chi connectivity index (χ3v) is 3.98. The van der Waals surface area contributed by atoms with Crippen LogP contribution < -0.4 is 10.1 Å². The number of ether oxygens (including phenoxy) is 2. The molecule has 0 aromatic heterocycles. The van der Waals surface area contributed by atoms with Crippen LogP contribution in [-0.2, 0) is 16.1 Å².